The van der Waals surface area contributed by atoms with Gasteiger partial charge in [0.25, 0.3) is 0 Å². The van der Waals surface area contributed by atoms with Crippen LogP contribution in [-0.2, 0) is 9.13 Å². The van der Waals surface area contributed by atoms with Crippen molar-refractivity contribution < 1.29 is 42.9 Å². The molecule has 3 aromatic rings. The Bertz CT molecular complexity index is 983. The van der Waals surface area contributed by atoms with Gasteiger partial charge in [-0.25, -0.2) is 0 Å². The van der Waals surface area contributed by atoms with E-state index in [1.165, 1.54) is 6.07 Å². The Morgan fingerprint density at radius 1 is 0.704 bits per heavy atom. The van der Waals surface area contributed by atoms with Crippen LogP contribution < -0.4 is 34.8 Å². The number of hydrogen-bond acceptors (Lipinski definition) is 10. The average Bonchev–Trinajstić information content (AvgIpc) is 2.52. The van der Waals surface area contributed by atoms with E-state index in [1.807, 2.05) is 48.5 Å². The van der Waals surface area contributed by atoms with Crippen molar-refractivity contribution in [3.8, 4) is 11.3 Å². The first-order valence-electron chi connectivity index (χ1n) is 6.89. The first-order chi connectivity index (χ1) is 12.3. The number of rotatable bonds is 1. The van der Waals surface area contributed by atoms with Crippen LogP contribution in [0.2, 0.25) is 0 Å². The van der Waals surface area contributed by atoms with Crippen molar-refractivity contribution in [3.05, 3.63) is 70.9 Å². The SMILES string of the molecule is O=P([O-])([O-])[O-].O=P([O-])([O-])[O-].O=c1cc(-c2ccccc2)oc2ccccc12. The van der Waals surface area contributed by atoms with E-state index in [1.54, 1.807) is 6.07 Å². The highest BCUT2D eigenvalue weighted by Crippen LogP contribution is 2.21. The van der Waals surface area contributed by atoms with Gasteiger partial charge in [-0.2, -0.15) is 15.6 Å². The van der Waals surface area contributed by atoms with Crippen LogP contribution in [0.25, 0.3) is 22.3 Å². The van der Waals surface area contributed by atoms with Crippen LogP contribution in [0.4, 0.5) is 0 Å². The molecular weight excluding hydrogens is 402 g/mol. The molecule has 1 heterocycles. The molecular formula is C15H10O10P2-6. The van der Waals surface area contributed by atoms with Crippen LogP contribution in [0.15, 0.2) is 69.9 Å². The highest BCUT2D eigenvalue weighted by Gasteiger charge is 2.05. The van der Waals surface area contributed by atoms with Crippen molar-refractivity contribution in [2.45, 2.75) is 0 Å². The van der Waals surface area contributed by atoms with E-state index in [9.17, 15) is 4.79 Å². The lowest BCUT2D eigenvalue weighted by Crippen LogP contribution is -2.24. The number of hydrogen-bond donors (Lipinski definition) is 0. The molecule has 0 unspecified atom stereocenters. The quantitative estimate of drug-likeness (QED) is 0.395. The van der Waals surface area contributed by atoms with Crippen molar-refractivity contribution in [2.75, 3.05) is 0 Å². The second kappa shape index (κ2) is 9.70. The van der Waals surface area contributed by atoms with E-state index in [2.05, 4.69) is 0 Å². The maximum absolute atomic E-state index is 11.9. The number of para-hydroxylation sites is 1. The molecule has 146 valence electrons. The Labute approximate surface area is 152 Å². The minimum atomic E-state index is -5.39. The predicted molar refractivity (Wildman–Crippen MR) is 83.1 cm³/mol. The highest BCUT2D eigenvalue weighted by atomic mass is 31.2. The van der Waals surface area contributed by atoms with Crippen LogP contribution in [0.1, 0.15) is 0 Å². The molecule has 0 atom stereocenters. The summed E-state index contributed by atoms with van der Waals surface area (Å²) in [7, 11) is -10.8. The lowest BCUT2D eigenvalue weighted by Gasteiger charge is -2.36. The summed E-state index contributed by atoms with van der Waals surface area (Å²) in [4.78, 5) is 63.2. The molecule has 2 aromatic carbocycles. The number of phosphoric acid groups is 2. The fraction of sp³-hybridized carbons (Fsp3) is 0. The summed E-state index contributed by atoms with van der Waals surface area (Å²) in [6, 6.07) is 18.4. The van der Waals surface area contributed by atoms with Gasteiger partial charge in [0.2, 0.25) is 0 Å². The largest absolute Gasteiger partial charge is 0.822 e. The minimum absolute atomic E-state index is 0.00861. The zero-order valence-electron chi connectivity index (χ0n) is 13.3. The van der Waals surface area contributed by atoms with Gasteiger partial charge in [0.15, 0.2) is 5.43 Å². The Balaban J connectivity index is 0.000000306. The van der Waals surface area contributed by atoms with Gasteiger partial charge in [-0.3, -0.25) is 4.79 Å². The van der Waals surface area contributed by atoms with E-state index in [4.69, 9.17) is 42.9 Å². The summed E-state index contributed by atoms with van der Waals surface area (Å²) in [5.74, 6) is 0.606. The molecule has 0 spiro atoms. The second-order valence-corrected chi connectivity index (χ2v) is 6.52. The van der Waals surface area contributed by atoms with Gasteiger partial charge in [-0.1, -0.05) is 42.5 Å². The zero-order valence-corrected chi connectivity index (χ0v) is 15.0. The molecule has 0 saturated heterocycles. The normalized spacial score (nSPS) is 11.0. The van der Waals surface area contributed by atoms with Crippen molar-refractivity contribution in [1.29, 1.82) is 0 Å². The van der Waals surface area contributed by atoms with Crippen LogP contribution in [0.3, 0.4) is 0 Å². The monoisotopic (exact) mass is 412 g/mol. The van der Waals surface area contributed by atoms with Crippen molar-refractivity contribution >= 4 is 26.6 Å². The number of fused-ring (bicyclic) bond motifs is 1. The fourth-order valence-electron chi connectivity index (χ4n) is 1.85. The lowest BCUT2D eigenvalue weighted by molar-refractivity contribution is -0.434. The molecule has 0 fully saturated rings. The molecule has 10 nitrogen and oxygen atoms in total. The Hall–Kier alpha value is -2.13. The van der Waals surface area contributed by atoms with Gasteiger partial charge >= 0.3 is 0 Å². The summed E-state index contributed by atoms with van der Waals surface area (Å²) in [5.41, 5.74) is 1.53. The van der Waals surface area contributed by atoms with Crippen LogP contribution >= 0.6 is 15.6 Å². The summed E-state index contributed by atoms with van der Waals surface area (Å²) >= 11 is 0. The smallest absolute Gasteiger partial charge is 0.193 e. The molecule has 0 amide bonds. The first kappa shape index (κ1) is 22.9. The molecule has 0 saturated carbocycles. The Morgan fingerprint density at radius 3 is 1.67 bits per heavy atom. The average molecular weight is 412 g/mol. The van der Waals surface area contributed by atoms with Crippen molar-refractivity contribution in [2.24, 2.45) is 0 Å². The Kier molecular flexibility index (Phi) is 8.23. The van der Waals surface area contributed by atoms with E-state index in [0.29, 0.717) is 16.7 Å². The maximum atomic E-state index is 11.9. The van der Waals surface area contributed by atoms with E-state index < -0.39 is 15.6 Å². The van der Waals surface area contributed by atoms with Gasteiger partial charge in [-0.15, -0.1) is 0 Å². The molecule has 0 aliphatic carbocycles. The lowest BCUT2D eigenvalue weighted by atomic mass is 10.1. The third-order valence-electron chi connectivity index (χ3n) is 2.69. The standard InChI is InChI=1S/C15H10O2.2H3O4P/c16-13-10-15(11-6-2-1-3-7-11)17-14-9-5-4-8-12(13)14;2*1-5(2,3)4/h1-10H;2*(H3,1,2,3,4)/p-6. The summed E-state index contributed by atoms with van der Waals surface area (Å²) in [6.45, 7) is 0. The molecule has 27 heavy (non-hydrogen) atoms. The van der Waals surface area contributed by atoms with E-state index >= 15 is 0 Å². The molecule has 0 N–H and O–H groups in total. The zero-order chi connectivity index (χ0) is 20.7. The molecule has 0 radical (unpaired) electrons. The van der Waals surface area contributed by atoms with Gasteiger partial charge in [-0.05, 0) is 12.1 Å². The first-order valence-corrected chi connectivity index (χ1v) is 9.81. The minimum Gasteiger partial charge on any atom is -0.822 e. The van der Waals surface area contributed by atoms with Crippen LogP contribution in [0.5, 0.6) is 0 Å². The van der Waals surface area contributed by atoms with Crippen LogP contribution in [0, 0.1) is 0 Å². The molecule has 1 aromatic heterocycles. The predicted octanol–water partition coefficient (Wildman–Crippen LogP) is -2.19. The topological polar surface area (TPSA) is 203 Å². The Morgan fingerprint density at radius 2 is 1.15 bits per heavy atom. The van der Waals surface area contributed by atoms with E-state index in [0.717, 1.165) is 5.56 Å². The summed E-state index contributed by atoms with van der Waals surface area (Å²) in [6.07, 6.45) is 0. The fourth-order valence-corrected chi connectivity index (χ4v) is 1.85. The summed E-state index contributed by atoms with van der Waals surface area (Å²) in [5, 5.41) is 0.618. The number of benzene rings is 2. The third kappa shape index (κ3) is 10.6. The van der Waals surface area contributed by atoms with Crippen molar-refractivity contribution in [3.63, 3.8) is 0 Å². The molecule has 3 rings (SSSR count). The molecule has 0 aliphatic heterocycles. The second-order valence-electron chi connectivity index (χ2n) is 4.73. The third-order valence-corrected chi connectivity index (χ3v) is 2.69. The molecule has 0 aliphatic rings. The van der Waals surface area contributed by atoms with Gasteiger partial charge in [0.05, 0.1) is 5.39 Å². The van der Waals surface area contributed by atoms with Crippen LogP contribution in [-0.4, -0.2) is 0 Å². The highest BCUT2D eigenvalue weighted by molar-refractivity contribution is 7.40. The van der Waals surface area contributed by atoms with Gasteiger partial charge in [0.1, 0.15) is 11.3 Å². The molecule has 0 bridgehead atoms. The summed E-state index contributed by atoms with van der Waals surface area (Å²) < 4.78 is 22.8. The molecule has 12 heteroatoms. The van der Waals surface area contributed by atoms with E-state index in [-0.39, 0.29) is 5.43 Å². The maximum Gasteiger partial charge on any atom is 0.193 e. The van der Waals surface area contributed by atoms with Crippen molar-refractivity contribution in [1.82, 2.24) is 0 Å². The van der Waals surface area contributed by atoms with Gasteiger partial charge in [0, 0.05) is 11.6 Å². The van der Waals surface area contributed by atoms with Gasteiger partial charge < -0.3 is 42.9 Å².